The summed E-state index contributed by atoms with van der Waals surface area (Å²) in [5.41, 5.74) is 1.46. The SMILES string of the molecule is FC1CCN(c2nc3ccc(Cl)cc3o2)CC1. The molecule has 1 fully saturated rings. The number of alkyl halides is 1. The quantitative estimate of drug-likeness (QED) is 0.781. The molecular formula is C12H12ClFN2O. The molecule has 0 saturated carbocycles. The number of oxazole rings is 1. The Hall–Kier alpha value is -1.29. The van der Waals surface area contributed by atoms with E-state index in [1.165, 1.54) is 0 Å². The van der Waals surface area contributed by atoms with Gasteiger partial charge in [0.25, 0.3) is 6.01 Å². The average Bonchev–Trinajstić information content (AvgIpc) is 2.72. The van der Waals surface area contributed by atoms with Gasteiger partial charge in [0, 0.05) is 24.2 Å². The lowest BCUT2D eigenvalue weighted by atomic mass is 10.1. The first-order valence-corrected chi connectivity index (χ1v) is 6.05. The van der Waals surface area contributed by atoms with E-state index in [1.807, 2.05) is 11.0 Å². The maximum atomic E-state index is 13.0. The van der Waals surface area contributed by atoms with E-state index in [1.54, 1.807) is 12.1 Å². The number of aromatic nitrogens is 1. The van der Waals surface area contributed by atoms with Crippen LogP contribution in [0.25, 0.3) is 11.1 Å². The summed E-state index contributed by atoms with van der Waals surface area (Å²) in [4.78, 5) is 6.36. The first kappa shape index (κ1) is 10.8. The van der Waals surface area contributed by atoms with Crippen molar-refractivity contribution in [3.8, 4) is 0 Å². The number of hydrogen-bond acceptors (Lipinski definition) is 3. The second-order valence-electron chi connectivity index (χ2n) is 4.27. The Balaban J connectivity index is 1.90. The Kier molecular flexibility index (Phi) is 2.67. The predicted octanol–water partition coefficient (Wildman–Crippen LogP) is 3.42. The van der Waals surface area contributed by atoms with Crippen molar-refractivity contribution >= 4 is 28.7 Å². The summed E-state index contributed by atoms with van der Waals surface area (Å²) in [5.74, 6) is 0. The summed E-state index contributed by atoms with van der Waals surface area (Å²) < 4.78 is 18.7. The van der Waals surface area contributed by atoms with Crippen molar-refractivity contribution in [3.05, 3.63) is 23.2 Å². The molecule has 1 aliphatic heterocycles. The van der Waals surface area contributed by atoms with E-state index >= 15 is 0 Å². The second-order valence-corrected chi connectivity index (χ2v) is 4.71. The van der Waals surface area contributed by atoms with E-state index in [-0.39, 0.29) is 0 Å². The van der Waals surface area contributed by atoms with Gasteiger partial charge in [-0.2, -0.15) is 4.98 Å². The highest BCUT2D eigenvalue weighted by molar-refractivity contribution is 6.31. The van der Waals surface area contributed by atoms with E-state index in [0.717, 1.165) is 5.52 Å². The summed E-state index contributed by atoms with van der Waals surface area (Å²) in [6.45, 7) is 1.31. The third-order valence-corrected chi connectivity index (χ3v) is 3.27. The predicted molar refractivity (Wildman–Crippen MR) is 65.4 cm³/mol. The zero-order chi connectivity index (χ0) is 11.8. The second kappa shape index (κ2) is 4.18. The van der Waals surface area contributed by atoms with Gasteiger partial charge >= 0.3 is 0 Å². The molecule has 17 heavy (non-hydrogen) atoms. The molecule has 3 rings (SSSR count). The highest BCUT2D eigenvalue weighted by atomic mass is 35.5. The van der Waals surface area contributed by atoms with E-state index in [4.69, 9.17) is 16.0 Å². The van der Waals surface area contributed by atoms with E-state index in [2.05, 4.69) is 4.98 Å². The van der Waals surface area contributed by atoms with Crippen LogP contribution in [0, 0.1) is 0 Å². The number of piperidine rings is 1. The maximum absolute atomic E-state index is 13.0. The van der Waals surface area contributed by atoms with Crippen molar-refractivity contribution in [1.29, 1.82) is 0 Å². The molecule has 3 nitrogen and oxygen atoms in total. The van der Waals surface area contributed by atoms with Crippen LogP contribution < -0.4 is 4.90 Å². The molecule has 1 aromatic carbocycles. The van der Waals surface area contributed by atoms with Crippen LogP contribution >= 0.6 is 11.6 Å². The number of benzene rings is 1. The van der Waals surface area contributed by atoms with Gasteiger partial charge in [0.2, 0.25) is 0 Å². The minimum Gasteiger partial charge on any atom is -0.423 e. The standard InChI is InChI=1S/C12H12ClFN2O/c13-8-1-2-10-11(7-8)17-12(15-10)16-5-3-9(14)4-6-16/h1-2,7,9H,3-6H2. The molecule has 1 aromatic heterocycles. The number of fused-ring (bicyclic) bond motifs is 1. The summed E-state index contributed by atoms with van der Waals surface area (Å²) >= 11 is 5.88. The van der Waals surface area contributed by atoms with Gasteiger partial charge in [0.05, 0.1) is 0 Å². The molecule has 1 aliphatic rings. The normalized spacial score (nSPS) is 17.9. The smallest absolute Gasteiger partial charge is 0.298 e. The van der Waals surface area contributed by atoms with Crippen LogP contribution in [0.5, 0.6) is 0 Å². The number of nitrogens with zero attached hydrogens (tertiary/aromatic N) is 2. The third-order valence-electron chi connectivity index (χ3n) is 3.03. The largest absolute Gasteiger partial charge is 0.423 e. The van der Waals surface area contributed by atoms with Crippen molar-refractivity contribution in [2.24, 2.45) is 0 Å². The lowest BCUT2D eigenvalue weighted by Crippen LogP contribution is -2.34. The van der Waals surface area contributed by atoms with Gasteiger partial charge in [0.15, 0.2) is 5.58 Å². The Morgan fingerprint density at radius 2 is 2.12 bits per heavy atom. The number of hydrogen-bond donors (Lipinski definition) is 0. The van der Waals surface area contributed by atoms with Gasteiger partial charge < -0.3 is 9.32 Å². The minimum atomic E-state index is -0.690. The Morgan fingerprint density at radius 1 is 1.35 bits per heavy atom. The topological polar surface area (TPSA) is 29.3 Å². The lowest BCUT2D eigenvalue weighted by molar-refractivity contribution is 0.273. The average molecular weight is 255 g/mol. The van der Waals surface area contributed by atoms with Crippen LogP contribution in [0.4, 0.5) is 10.4 Å². The minimum absolute atomic E-state index is 0.541. The molecule has 1 saturated heterocycles. The lowest BCUT2D eigenvalue weighted by Gasteiger charge is -2.26. The molecule has 0 aliphatic carbocycles. The fourth-order valence-electron chi connectivity index (χ4n) is 2.06. The molecular weight excluding hydrogens is 243 g/mol. The van der Waals surface area contributed by atoms with Gasteiger partial charge in [-0.25, -0.2) is 4.39 Å². The fourth-order valence-corrected chi connectivity index (χ4v) is 2.22. The van der Waals surface area contributed by atoms with Crippen molar-refractivity contribution in [3.63, 3.8) is 0 Å². The summed E-state index contributed by atoms with van der Waals surface area (Å²) in [7, 11) is 0. The Morgan fingerprint density at radius 3 is 2.88 bits per heavy atom. The maximum Gasteiger partial charge on any atom is 0.298 e. The Bertz CT molecular complexity index is 534. The van der Waals surface area contributed by atoms with Crippen LogP contribution in [0.2, 0.25) is 5.02 Å². The highest BCUT2D eigenvalue weighted by Crippen LogP contribution is 2.26. The van der Waals surface area contributed by atoms with Crippen LogP contribution in [-0.2, 0) is 0 Å². The van der Waals surface area contributed by atoms with Crippen molar-refractivity contribution in [1.82, 2.24) is 4.98 Å². The van der Waals surface area contributed by atoms with Crippen molar-refractivity contribution in [2.75, 3.05) is 18.0 Å². The van der Waals surface area contributed by atoms with Crippen LogP contribution in [0.15, 0.2) is 22.6 Å². The van der Waals surface area contributed by atoms with Gasteiger partial charge in [-0.3, -0.25) is 0 Å². The molecule has 0 bridgehead atoms. The fraction of sp³-hybridized carbons (Fsp3) is 0.417. The van der Waals surface area contributed by atoms with Crippen molar-refractivity contribution < 1.29 is 8.81 Å². The molecule has 0 atom stereocenters. The molecule has 0 N–H and O–H groups in total. The molecule has 2 aromatic rings. The van der Waals surface area contributed by atoms with Gasteiger partial charge in [-0.15, -0.1) is 0 Å². The van der Waals surface area contributed by atoms with Gasteiger partial charge in [0.1, 0.15) is 11.7 Å². The third kappa shape index (κ3) is 2.09. The molecule has 90 valence electrons. The molecule has 0 amide bonds. The van der Waals surface area contributed by atoms with Crippen LogP contribution in [-0.4, -0.2) is 24.2 Å². The van der Waals surface area contributed by atoms with E-state index in [9.17, 15) is 4.39 Å². The van der Waals surface area contributed by atoms with Crippen LogP contribution in [0.3, 0.4) is 0 Å². The first-order valence-electron chi connectivity index (χ1n) is 5.67. The van der Waals surface area contributed by atoms with E-state index in [0.29, 0.717) is 42.6 Å². The zero-order valence-electron chi connectivity index (χ0n) is 9.20. The van der Waals surface area contributed by atoms with Crippen molar-refractivity contribution in [2.45, 2.75) is 19.0 Å². The molecule has 0 spiro atoms. The number of rotatable bonds is 1. The summed E-state index contributed by atoms with van der Waals surface area (Å²) in [6, 6.07) is 5.92. The zero-order valence-corrected chi connectivity index (χ0v) is 9.95. The van der Waals surface area contributed by atoms with Gasteiger partial charge in [-0.05, 0) is 25.0 Å². The summed E-state index contributed by atoms with van der Waals surface area (Å²) in [6.07, 6.45) is 0.393. The number of halogens is 2. The molecule has 0 unspecified atom stereocenters. The Labute approximate surface area is 103 Å². The van der Waals surface area contributed by atoms with Crippen LogP contribution in [0.1, 0.15) is 12.8 Å². The monoisotopic (exact) mass is 254 g/mol. The summed E-state index contributed by atoms with van der Waals surface area (Å²) in [5, 5.41) is 0.627. The van der Waals surface area contributed by atoms with E-state index < -0.39 is 6.17 Å². The molecule has 5 heteroatoms. The molecule has 0 radical (unpaired) electrons. The van der Waals surface area contributed by atoms with Gasteiger partial charge in [-0.1, -0.05) is 11.6 Å². The highest BCUT2D eigenvalue weighted by Gasteiger charge is 2.22. The molecule has 2 heterocycles. The number of anilines is 1. The first-order chi connectivity index (χ1) is 8.22.